The largest absolute Gasteiger partial charge is 0.303 e. The molecule has 0 heterocycles. The van der Waals surface area contributed by atoms with Gasteiger partial charge in [0.05, 0.1) is 0 Å². The van der Waals surface area contributed by atoms with Crippen LogP contribution in [0.4, 0.5) is 0 Å². The zero-order valence-corrected chi connectivity index (χ0v) is 14.0. The highest BCUT2D eigenvalue weighted by molar-refractivity contribution is 5.51. The minimum absolute atomic E-state index is 0.236. The third kappa shape index (κ3) is 1.85. The zero-order valence-electron chi connectivity index (χ0n) is 14.0. The molecule has 0 aromatic carbocycles. The molecule has 0 amide bonds. The fourth-order valence-corrected chi connectivity index (χ4v) is 6.70. The molecule has 0 radical (unpaired) electrons. The smallest absolute Gasteiger partial charge is 0.120 e. The first kappa shape index (κ1) is 14.0. The summed E-state index contributed by atoms with van der Waals surface area (Å²) in [5.74, 6) is 2.74. The minimum Gasteiger partial charge on any atom is -0.303 e. The second-order valence-corrected chi connectivity index (χ2v) is 9.44. The molecule has 0 aliphatic heterocycles. The Morgan fingerprint density at radius 2 is 2.00 bits per heavy atom. The fourth-order valence-electron chi connectivity index (χ4n) is 6.70. The van der Waals surface area contributed by atoms with Crippen LogP contribution in [0.25, 0.3) is 0 Å². The average molecular weight is 286 g/mol. The summed E-state index contributed by atoms with van der Waals surface area (Å²) >= 11 is 0. The van der Waals surface area contributed by atoms with Crippen molar-refractivity contribution in [1.82, 2.24) is 0 Å². The van der Waals surface area contributed by atoms with E-state index in [2.05, 4.69) is 26.8 Å². The van der Waals surface area contributed by atoms with Crippen LogP contribution in [0.1, 0.15) is 72.1 Å². The number of fused-ring (bicyclic) bond motifs is 5. The number of carbonyl (C=O) groups is 1. The molecule has 116 valence electrons. The van der Waals surface area contributed by atoms with Gasteiger partial charge in [-0.3, -0.25) is 0 Å². The van der Waals surface area contributed by atoms with E-state index in [-0.39, 0.29) is 5.41 Å². The van der Waals surface area contributed by atoms with Crippen LogP contribution in [0.15, 0.2) is 11.6 Å². The average Bonchev–Trinajstić information content (AvgIpc) is 3.09. The molecular formula is C20H30O. The van der Waals surface area contributed by atoms with Gasteiger partial charge in [-0.15, -0.1) is 0 Å². The molecule has 6 unspecified atom stereocenters. The Hall–Kier alpha value is -0.590. The summed E-state index contributed by atoms with van der Waals surface area (Å²) in [5.41, 5.74) is 3.18. The Morgan fingerprint density at radius 1 is 1.19 bits per heavy atom. The SMILES string of the molecule is CC1(CC=O)CC=C2C(CCC3C2(C)CCC2CC23C)C1. The quantitative estimate of drug-likeness (QED) is 0.506. The molecule has 0 saturated heterocycles. The van der Waals surface area contributed by atoms with E-state index in [9.17, 15) is 4.79 Å². The van der Waals surface area contributed by atoms with Gasteiger partial charge >= 0.3 is 0 Å². The van der Waals surface area contributed by atoms with Crippen molar-refractivity contribution in [2.75, 3.05) is 0 Å². The molecule has 0 bridgehead atoms. The van der Waals surface area contributed by atoms with Gasteiger partial charge < -0.3 is 4.79 Å². The molecule has 0 spiro atoms. The van der Waals surface area contributed by atoms with Crippen molar-refractivity contribution in [2.45, 2.75) is 72.1 Å². The standard InChI is InChI=1S/C20H30O/c1-18(10-11-21)8-7-16-14(12-18)4-5-17-19(16,2)9-6-15-13-20(15,17)3/h7,11,14-15,17H,4-6,8-10,12-13H2,1-3H3. The lowest BCUT2D eigenvalue weighted by atomic mass is 9.49. The Balaban J connectivity index is 1.66. The summed E-state index contributed by atoms with van der Waals surface area (Å²) < 4.78 is 0. The molecular weight excluding hydrogens is 256 g/mol. The van der Waals surface area contributed by atoms with E-state index in [0.29, 0.717) is 10.8 Å². The maximum absolute atomic E-state index is 11.0. The number of carbonyl (C=O) groups excluding carboxylic acids is 1. The van der Waals surface area contributed by atoms with Crippen LogP contribution in [0.5, 0.6) is 0 Å². The predicted octanol–water partition coefficient (Wildman–Crippen LogP) is 5.15. The highest BCUT2D eigenvalue weighted by Gasteiger charge is 2.65. The van der Waals surface area contributed by atoms with Crippen molar-refractivity contribution in [3.63, 3.8) is 0 Å². The number of hydrogen-bond donors (Lipinski definition) is 0. The van der Waals surface area contributed by atoms with Crippen LogP contribution in [0.3, 0.4) is 0 Å². The summed E-state index contributed by atoms with van der Waals surface area (Å²) in [6.07, 6.45) is 14.0. The zero-order chi connectivity index (χ0) is 14.9. The van der Waals surface area contributed by atoms with Gasteiger partial charge in [0.2, 0.25) is 0 Å². The van der Waals surface area contributed by atoms with Gasteiger partial charge in [0.25, 0.3) is 0 Å². The molecule has 21 heavy (non-hydrogen) atoms. The van der Waals surface area contributed by atoms with Crippen molar-refractivity contribution in [3.05, 3.63) is 11.6 Å². The van der Waals surface area contributed by atoms with Crippen LogP contribution < -0.4 is 0 Å². The number of aldehydes is 1. The number of allylic oxidation sites excluding steroid dienone is 2. The van der Waals surface area contributed by atoms with Gasteiger partial charge in [-0.1, -0.05) is 32.4 Å². The van der Waals surface area contributed by atoms with Crippen LogP contribution >= 0.6 is 0 Å². The van der Waals surface area contributed by atoms with Crippen LogP contribution in [-0.2, 0) is 4.79 Å². The Labute approximate surface area is 129 Å². The molecule has 1 nitrogen and oxygen atoms in total. The van der Waals surface area contributed by atoms with E-state index < -0.39 is 0 Å². The van der Waals surface area contributed by atoms with Crippen LogP contribution in [-0.4, -0.2) is 6.29 Å². The lowest BCUT2D eigenvalue weighted by molar-refractivity contribution is -0.110. The lowest BCUT2D eigenvalue weighted by Gasteiger charge is -2.55. The molecule has 0 N–H and O–H groups in total. The number of rotatable bonds is 2. The molecule has 0 aromatic rings. The molecule has 4 aliphatic rings. The monoisotopic (exact) mass is 286 g/mol. The highest BCUT2D eigenvalue weighted by Crippen LogP contribution is 2.73. The van der Waals surface area contributed by atoms with Gasteiger partial charge in [-0.2, -0.15) is 0 Å². The second-order valence-electron chi connectivity index (χ2n) is 9.44. The molecule has 4 aliphatic carbocycles. The molecule has 1 heteroatoms. The van der Waals surface area contributed by atoms with Crippen molar-refractivity contribution in [1.29, 1.82) is 0 Å². The van der Waals surface area contributed by atoms with Gasteiger partial charge in [0, 0.05) is 6.42 Å². The first-order chi connectivity index (χ1) is 9.91. The first-order valence-electron chi connectivity index (χ1n) is 9.05. The van der Waals surface area contributed by atoms with Gasteiger partial charge in [0.1, 0.15) is 6.29 Å². The summed E-state index contributed by atoms with van der Waals surface area (Å²) in [5, 5.41) is 0. The van der Waals surface area contributed by atoms with Crippen LogP contribution in [0, 0.1) is 34.0 Å². The van der Waals surface area contributed by atoms with Crippen molar-refractivity contribution < 1.29 is 4.79 Å². The third-order valence-corrected chi connectivity index (χ3v) is 8.07. The van der Waals surface area contributed by atoms with Crippen molar-refractivity contribution in [3.8, 4) is 0 Å². The minimum atomic E-state index is 0.236. The molecule has 6 atom stereocenters. The molecule has 3 saturated carbocycles. The predicted molar refractivity (Wildman–Crippen MR) is 85.9 cm³/mol. The normalized spacial score (nSPS) is 54.8. The molecule has 3 fully saturated rings. The lowest BCUT2D eigenvalue weighted by Crippen LogP contribution is -2.46. The van der Waals surface area contributed by atoms with E-state index in [1.807, 2.05) is 0 Å². The highest BCUT2D eigenvalue weighted by atomic mass is 16.1. The van der Waals surface area contributed by atoms with E-state index in [1.54, 1.807) is 5.57 Å². The second kappa shape index (κ2) is 4.24. The summed E-state index contributed by atoms with van der Waals surface area (Å²) in [4.78, 5) is 11.0. The van der Waals surface area contributed by atoms with E-state index >= 15 is 0 Å². The van der Waals surface area contributed by atoms with E-state index in [4.69, 9.17) is 0 Å². The Morgan fingerprint density at radius 3 is 2.76 bits per heavy atom. The third-order valence-electron chi connectivity index (χ3n) is 8.07. The topological polar surface area (TPSA) is 17.1 Å². The van der Waals surface area contributed by atoms with Crippen molar-refractivity contribution in [2.24, 2.45) is 34.0 Å². The summed E-state index contributed by atoms with van der Waals surface area (Å²) in [7, 11) is 0. The van der Waals surface area contributed by atoms with Gasteiger partial charge in [-0.25, -0.2) is 0 Å². The van der Waals surface area contributed by atoms with Crippen molar-refractivity contribution >= 4 is 6.29 Å². The molecule has 0 aromatic heterocycles. The fraction of sp³-hybridized carbons (Fsp3) is 0.850. The van der Waals surface area contributed by atoms with E-state index in [1.165, 1.54) is 38.5 Å². The maximum atomic E-state index is 11.0. The number of hydrogen-bond acceptors (Lipinski definition) is 1. The Kier molecular flexibility index (Phi) is 2.83. The first-order valence-corrected chi connectivity index (χ1v) is 9.05. The van der Waals surface area contributed by atoms with Crippen LogP contribution in [0.2, 0.25) is 0 Å². The van der Waals surface area contributed by atoms with E-state index in [0.717, 1.165) is 36.9 Å². The van der Waals surface area contributed by atoms with Gasteiger partial charge in [-0.05, 0) is 78.9 Å². The summed E-state index contributed by atoms with van der Waals surface area (Å²) in [6, 6.07) is 0. The Bertz CT molecular complexity index is 506. The van der Waals surface area contributed by atoms with Gasteiger partial charge in [0.15, 0.2) is 0 Å². The summed E-state index contributed by atoms with van der Waals surface area (Å²) in [6.45, 7) is 7.47. The maximum Gasteiger partial charge on any atom is 0.120 e. The molecule has 4 rings (SSSR count).